The summed E-state index contributed by atoms with van der Waals surface area (Å²) in [5.74, 6) is 0.0308. The van der Waals surface area contributed by atoms with Crippen molar-refractivity contribution in [3.05, 3.63) is 0 Å². The number of rotatable bonds is 1. The zero-order valence-corrected chi connectivity index (χ0v) is 15.2. The highest BCUT2D eigenvalue weighted by molar-refractivity contribution is 5.75. The van der Waals surface area contributed by atoms with Crippen LogP contribution in [0.25, 0.3) is 0 Å². The molecule has 1 unspecified atom stereocenters. The first kappa shape index (κ1) is 16.4. The van der Waals surface area contributed by atoms with Crippen molar-refractivity contribution in [3.8, 4) is 0 Å². The van der Waals surface area contributed by atoms with Gasteiger partial charge in [-0.2, -0.15) is 0 Å². The number of carbonyl (C=O) groups excluding carboxylic acids is 1. The molecule has 1 N–H and O–H groups in total. The highest BCUT2D eigenvalue weighted by Crippen LogP contribution is 2.70. The molecule has 0 aromatic carbocycles. The third kappa shape index (κ3) is 1.97. The van der Waals surface area contributed by atoms with Gasteiger partial charge in [-0.05, 0) is 81.5 Å². The average molecular weight is 334 g/mol. The maximum atomic E-state index is 12.3. The molecular weight excluding hydrogens is 304 g/mol. The van der Waals surface area contributed by atoms with Crippen molar-refractivity contribution in [2.45, 2.75) is 84.2 Å². The number of hydrogen-bond donors (Lipinski definition) is 1. The van der Waals surface area contributed by atoms with Crippen molar-refractivity contribution in [1.29, 1.82) is 0 Å². The summed E-state index contributed by atoms with van der Waals surface area (Å²) in [5, 5.41) is 9.93. The molecule has 0 amide bonds. The molecule has 3 aliphatic carbocycles. The van der Waals surface area contributed by atoms with Crippen molar-refractivity contribution in [2.24, 2.45) is 28.1 Å². The summed E-state index contributed by atoms with van der Waals surface area (Å²) >= 11 is 0. The standard InChI is InChI=1S/C20H30O4/c1-17-9-5-14-18(2)7-4-8-19(3,16(22)23)13(18)6-10-20(14,12-17)11-15(21)24-17/h13-14H,4-12H2,1-3H3,(H,22,23)/t13?,14-,17-,18+,19+,20-/m0/s1. The molecule has 0 radical (unpaired) electrons. The first-order chi connectivity index (χ1) is 11.1. The maximum Gasteiger partial charge on any atom is 0.309 e. The van der Waals surface area contributed by atoms with E-state index in [-0.39, 0.29) is 28.3 Å². The summed E-state index contributed by atoms with van der Waals surface area (Å²) in [5.41, 5.74) is -0.808. The fraction of sp³-hybridized carbons (Fsp3) is 0.900. The Morgan fingerprint density at radius 1 is 1.08 bits per heavy atom. The van der Waals surface area contributed by atoms with Gasteiger partial charge in [0.05, 0.1) is 11.8 Å². The molecule has 134 valence electrons. The number of ether oxygens (including phenoxy) is 1. The van der Waals surface area contributed by atoms with Crippen LogP contribution in [0.1, 0.15) is 78.6 Å². The van der Waals surface area contributed by atoms with E-state index in [1.165, 1.54) is 0 Å². The fourth-order valence-corrected chi connectivity index (χ4v) is 7.63. The Bertz CT molecular complexity index is 600. The Kier molecular flexibility index (Phi) is 3.26. The number of aliphatic carboxylic acids is 1. The molecule has 24 heavy (non-hydrogen) atoms. The minimum Gasteiger partial charge on any atom is -0.481 e. The van der Waals surface area contributed by atoms with Gasteiger partial charge in [0, 0.05) is 0 Å². The number of carbonyl (C=O) groups is 2. The van der Waals surface area contributed by atoms with Crippen molar-refractivity contribution < 1.29 is 19.4 Å². The second-order valence-corrected chi connectivity index (χ2v) is 9.90. The molecule has 1 aliphatic heterocycles. The third-order valence-corrected chi connectivity index (χ3v) is 8.48. The van der Waals surface area contributed by atoms with E-state index >= 15 is 0 Å². The fourth-order valence-electron chi connectivity index (χ4n) is 7.63. The summed E-state index contributed by atoms with van der Waals surface area (Å²) in [7, 11) is 0. The summed E-state index contributed by atoms with van der Waals surface area (Å²) in [6.07, 6.45) is 8.35. The molecule has 4 fully saturated rings. The van der Waals surface area contributed by atoms with Crippen LogP contribution in [0.15, 0.2) is 0 Å². The molecule has 1 heterocycles. The second kappa shape index (κ2) is 4.76. The predicted octanol–water partition coefficient (Wildman–Crippen LogP) is 4.17. The van der Waals surface area contributed by atoms with E-state index in [4.69, 9.17) is 4.74 Å². The Balaban J connectivity index is 1.75. The molecular formula is C20H30O4. The van der Waals surface area contributed by atoms with Gasteiger partial charge in [-0.1, -0.05) is 13.3 Å². The zero-order chi connectivity index (χ0) is 17.4. The van der Waals surface area contributed by atoms with Gasteiger partial charge in [-0.15, -0.1) is 0 Å². The lowest BCUT2D eigenvalue weighted by molar-refractivity contribution is -0.230. The first-order valence-electron chi connectivity index (χ1n) is 9.59. The quantitative estimate of drug-likeness (QED) is 0.731. The average Bonchev–Trinajstić information content (AvgIpc) is 2.44. The highest BCUT2D eigenvalue weighted by atomic mass is 16.6. The van der Waals surface area contributed by atoms with Gasteiger partial charge < -0.3 is 9.84 Å². The van der Waals surface area contributed by atoms with Gasteiger partial charge in [-0.3, -0.25) is 9.59 Å². The minimum atomic E-state index is -0.627. The van der Waals surface area contributed by atoms with Crippen LogP contribution >= 0.6 is 0 Å². The van der Waals surface area contributed by atoms with Crippen LogP contribution in [0.3, 0.4) is 0 Å². The summed E-state index contributed by atoms with van der Waals surface area (Å²) in [4.78, 5) is 24.4. The predicted molar refractivity (Wildman–Crippen MR) is 89.3 cm³/mol. The first-order valence-corrected chi connectivity index (χ1v) is 9.59. The van der Waals surface area contributed by atoms with Crippen LogP contribution in [0.2, 0.25) is 0 Å². The molecule has 0 aromatic heterocycles. The van der Waals surface area contributed by atoms with Gasteiger partial charge in [-0.25, -0.2) is 0 Å². The molecule has 2 bridgehead atoms. The zero-order valence-electron chi connectivity index (χ0n) is 15.2. The Morgan fingerprint density at radius 2 is 1.79 bits per heavy atom. The van der Waals surface area contributed by atoms with Gasteiger partial charge in [0.2, 0.25) is 0 Å². The van der Waals surface area contributed by atoms with E-state index in [0.29, 0.717) is 12.3 Å². The van der Waals surface area contributed by atoms with E-state index in [1.54, 1.807) is 0 Å². The van der Waals surface area contributed by atoms with E-state index < -0.39 is 11.4 Å². The normalized spacial score (nSPS) is 53.5. The largest absolute Gasteiger partial charge is 0.481 e. The minimum absolute atomic E-state index is 0.0349. The highest BCUT2D eigenvalue weighted by Gasteiger charge is 2.66. The molecule has 6 atom stereocenters. The Labute approximate surface area is 144 Å². The summed E-state index contributed by atoms with van der Waals surface area (Å²) < 4.78 is 5.70. The van der Waals surface area contributed by atoms with Crippen molar-refractivity contribution in [1.82, 2.24) is 0 Å². The summed E-state index contributed by atoms with van der Waals surface area (Å²) in [6.45, 7) is 6.41. The van der Waals surface area contributed by atoms with Crippen LogP contribution in [0.4, 0.5) is 0 Å². The molecule has 1 spiro atoms. The van der Waals surface area contributed by atoms with E-state index in [1.807, 2.05) is 6.92 Å². The smallest absolute Gasteiger partial charge is 0.309 e. The van der Waals surface area contributed by atoms with Gasteiger partial charge in [0.15, 0.2) is 0 Å². The second-order valence-electron chi connectivity index (χ2n) is 9.90. The van der Waals surface area contributed by atoms with Crippen LogP contribution in [-0.4, -0.2) is 22.6 Å². The van der Waals surface area contributed by atoms with Gasteiger partial charge >= 0.3 is 11.9 Å². The number of carboxylic acid groups (broad SMARTS) is 1. The number of fused-ring (bicyclic) bond motifs is 3. The van der Waals surface area contributed by atoms with Gasteiger partial charge in [0.25, 0.3) is 0 Å². The Hall–Kier alpha value is -1.06. The topological polar surface area (TPSA) is 63.6 Å². The molecule has 4 nitrogen and oxygen atoms in total. The lowest BCUT2D eigenvalue weighted by atomic mass is 9.39. The van der Waals surface area contributed by atoms with Crippen molar-refractivity contribution in [2.75, 3.05) is 0 Å². The molecule has 4 heteroatoms. The molecule has 4 aliphatic rings. The molecule has 0 aromatic rings. The van der Waals surface area contributed by atoms with Crippen LogP contribution < -0.4 is 0 Å². The van der Waals surface area contributed by atoms with E-state index in [9.17, 15) is 14.7 Å². The van der Waals surface area contributed by atoms with Gasteiger partial charge in [0.1, 0.15) is 5.60 Å². The lowest BCUT2D eigenvalue weighted by Gasteiger charge is -2.66. The van der Waals surface area contributed by atoms with Crippen LogP contribution in [0, 0.1) is 28.1 Å². The van der Waals surface area contributed by atoms with Crippen LogP contribution in [0.5, 0.6) is 0 Å². The van der Waals surface area contributed by atoms with Crippen molar-refractivity contribution >= 4 is 11.9 Å². The van der Waals surface area contributed by atoms with Crippen LogP contribution in [-0.2, 0) is 14.3 Å². The van der Waals surface area contributed by atoms with E-state index in [0.717, 1.165) is 51.4 Å². The SMILES string of the molecule is C[C@@]12CC[C@@H]3[C@@](CCC4[C@](C)(C(=O)O)CCC[C@]43C)(CC(=O)O1)C2. The van der Waals surface area contributed by atoms with Crippen molar-refractivity contribution in [3.63, 3.8) is 0 Å². The maximum absolute atomic E-state index is 12.3. The Morgan fingerprint density at radius 3 is 2.50 bits per heavy atom. The molecule has 4 rings (SSSR count). The number of hydrogen-bond acceptors (Lipinski definition) is 3. The number of carboxylic acids is 1. The van der Waals surface area contributed by atoms with E-state index in [2.05, 4.69) is 13.8 Å². The number of esters is 1. The monoisotopic (exact) mass is 334 g/mol. The lowest BCUT2D eigenvalue weighted by Crippen LogP contribution is -2.63. The summed E-state index contributed by atoms with van der Waals surface area (Å²) in [6, 6.07) is 0. The molecule has 1 saturated heterocycles. The molecule has 3 saturated carbocycles. The third-order valence-electron chi connectivity index (χ3n) is 8.48.